The van der Waals surface area contributed by atoms with Crippen LogP contribution in [0.5, 0.6) is 28.7 Å². The summed E-state index contributed by atoms with van der Waals surface area (Å²) in [7, 11) is 4.52. The van der Waals surface area contributed by atoms with Crippen molar-refractivity contribution < 1.29 is 33.6 Å². The molecule has 1 atom stereocenters. The number of nitrogens with one attached hydrogen (secondary N) is 1. The summed E-state index contributed by atoms with van der Waals surface area (Å²) in [6.07, 6.45) is 0.439. The number of hydrogen-bond acceptors (Lipinski definition) is 8. The Balaban J connectivity index is 1.80. The summed E-state index contributed by atoms with van der Waals surface area (Å²) < 4.78 is 21.4. The van der Waals surface area contributed by atoms with Gasteiger partial charge in [-0.3, -0.25) is 9.59 Å². The number of carbonyl (C=O) groups is 1. The fraction of sp³-hybridized carbons (Fsp3) is 0.308. The van der Waals surface area contributed by atoms with Crippen molar-refractivity contribution in [1.29, 1.82) is 0 Å². The standard InChI is InChI=1S/C26H29NO8/c1-15-11-20(29)25(31)26(35-15)18(17-6-7-19(28)22(13-17)33-3)14-24(30)27-10-9-16-5-8-21(32-2)23(12-16)34-4/h5-8,11-13,18,28,31H,9-10,14H2,1-4H3,(H,27,30). The van der Waals surface area contributed by atoms with E-state index in [1.54, 1.807) is 39.3 Å². The zero-order valence-electron chi connectivity index (χ0n) is 20.1. The highest BCUT2D eigenvalue weighted by Gasteiger charge is 2.26. The van der Waals surface area contributed by atoms with Gasteiger partial charge in [-0.2, -0.15) is 0 Å². The monoisotopic (exact) mass is 483 g/mol. The topological polar surface area (TPSA) is 127 Å². The average molecular weight is 484 g/mol. The number of aryl methyl sites for hydroxylation is 1. The minimum atomic E-state index is -0.793. The number of aromatic hydroxyl groups is 2. The number of benzene rings is 2. The Labute approximate surface area is 202 Å². The highest BCUT2D eigenvalue weighted by atomic mass is 16.5. The minimum absolute atomic E-state index is 0.0298. The van der Waals surface area contributed by atoms with E-state index in [0.717, 1.165) is 5.56 Å². The molecule has 2 aromatic carbocycles. The van der Waals surface area contributed by atoms with Crippen LogP contribution in [0, 0.1) is 6.92 Å². The lowest BCUT2D eigenvalue weighted by molar-refractivity contribution is -0.121. The van der Waals surface area contributed by atoms with E-state index in [2.05, 4.69) is 5.32 Å². The summed E-state index contributed by atoms with van der Waals surface area (Å²) in [5, 5.41) is 23.2. The number of amides is 1. The van der Waals surface area contributed by atoms with Crippen LogP contribution >= 0.6 is 0 Å². The summed E-state index contributed by atoms with van der Waals surface area (Å²) in [6.45, 7) is 1.94. The smallest absolute Gasteiger partial charge is 0.227 e. The van der Waals surface area contributed by atoms with Crippen molar-refractivity contribution in [2.24, 2.45) is 0 Å². The summed E-state index contributed by atoms with van der Waals surface area (Å²) in [6, 6.07) is 11.2. The van der Waals surface area contributed by atoms with Crippen molar-refractivity contribution in [3.63, 3.8) is 0 Å². The normalized spacial score (nSPS) is 11.5. The molecule has 3 N–H and O–H groups in total. The first-order valence-corrected chi connectivity index (χ1v) is 11.0. The molecule has 35 heavy (non-hydrogen) atoms. The van der Waals surface area contributed by atoms with Crippen LogP contribution in [0.3, 0.4) is 0 Å². The van der Waals surface area contributed by atoms with Crippen molar-refractivity contribution in [2.45, 2.75) is 25.7 Å². The lowest BCUT2D eigenvalue weighted by Crippen LogP contribution is -2.27. The van der Waals surface area contributed by atoms with Crippen LogP contribution in [0.2, 0.25) is 0 Å². The molecule has 0 bridgehead atoms. The molecular weight excluding hydrogens is 454 g/mol. The van der Waals surface area contributed by atoms with Gasteiger partial charge in [0.25, 0.3) is 0 Å². The van der Waals surface area contributed by atoms with Crippen LogP contribution in [0.1, 0.15) is 35.0 Å². The second-order valence-electron chi connectivity index (χ2n) is 7.91. The van der Waals surface area contributed by atoms with E-state index in [1.165, 1.54) is 19.2 Å². The average Bonchev–Trinajstić information content (AvgIpc) is 2.85. The summed E-state index contributed by atoms with van der Waals surface area (Å²) >= 11 is 0. The third kappa shape index (κ3) is 6.06. The fourth-order valence-electron chi connectivity index (χ4n) is 3.77. The van der Waals surface area contributed by atoms with Crippen molar-refractivity contribution in [3.05, 3.63) is 75.3 Å². The van der Waals surface area contributed by atoms with Gasteiger partial charge in [-0.15, -0.1) is 0 Å². The minimum Gasteiger partial charge on any atom is -0.504 e. The molecular formula is C26H29NO8. The molecule has 9 heteroatoms. The van der Waals surface area contributed by atoms with Gasteiger partial charge < -0.3 is 34.2 Å². The third-order valence-electron chi connectivity index (χ3n) is 5.57. The molecule has 0 spiro atoms. The molecule has 9 nitrogen and oxygen atoms in total. The predicted molar refractivity (Wildman–Crippen MR) is 129 cm³/mol. The molecule has 1 unspecified atom stereocenters. The molecule has 0 saturated heterocycles. The van der Waals surface area contributed by atoms with E-state index in [9.17, 15) is 19.8 Å². The maximum Gasteiger partial charge on any atom is 0.227 e. The maximum atomic E-state index is 12.9. The molecule has 3 rings (SSSR count). The zero-order valence-corrected chi connectivity index (χ0v) is 20.1. The lowest BCUT2D eigenvalue weighted by atomic mass is 9.91. The molecule has 0 fully saturated rings. The van der Waals surface area contributed by atoms with E-state index >= 15 is 0 Å². The van der Waals surface area contributed by atoms with Crippen LogP contribution in [0.25, 0.3) is 0 Å². The fourth-order valence-corrected chi connectivity index (χ4v) is 3.77. The zero-order chi connectivity index (χ0) is 25.5. The Morgan fingerprint density at radius 3 is 2.37 bits per heavy atom. The second kappa shape index (κ2) is 11.3. The molecule has 0 aliphatic heterocycles. The Kier molecular flexibility index (Phi) is 8.25. The second-order valence-corrected chi connectivity index (χ2v) is 7.91. The number of hydrogen-bond donors (Lipinski definition) is 3. The summed E-state index contributed by atoms with van der Waals surface area (Å²) in [5.41, 5.74) is 0.872. The van der Waals surface area contributed by atoms with Gasteiger partial charge >= 0.3 is 0 Å². The van der Waals surface area contributed by atoms with E-state index in [0.29, 0.717) is 35.8 Å². The molecule has 0 aliphatic rings. The third-order valence-corrected chi connectivity index (χ3v) is 5.57. The number of ether oxygens (including phenoxy) is 3. The van der Waals surface area contributed by atoms with Gasteiger partial charge in [-0.05, 0) is 48.7 Å². The molecule has 186 valence electrons. The Morgan fingerprint density at radius 2 is 1.69 bits per heavy atom. The lowest BCUT2D eigenvalue weighted by Gasteiger charge is -2.19. The van der Waals surface area contributed by atoms with Gasteiger partial charge in [-0.1, -0.05) is 12.1 Å². The van der Waals surface area contributed by atoms with Crippen LogP contribution < -0.4 is 25.0 Å². The van der Waals surface area contributed by atoms with Crippen molar-refractivity contribution in [3.8, 4) is 28.7 Å². The summed E-state index contributed by atoms with van der Waals surface area (Å²) in [4.78, 5) is 25.1. The van der Waals surface area contributed by atoms with Gasteiger partial charge in [0.1, 0.15) is 5.76 Å². The maximum absolute atomic E-state index is 12.9. The Hall–Kier alpha value is -4.14. The largest absolute Gasteiger partial charge is 0.504 e. The molecule has 0 saturated carbocycles. The molecule has 0 aliphatic carbocycles. The Bertz CT molecular complexity index is 1250. The number of phenolic OH excluding ortho intramolecular Hbond substituents is 1. The van der Waals surface area contributed by atoms with E-state index in [1.807, 2.05) is 12.1 Å². The highest BCUT2D eigenvalue weighted by molar-refractivity contribution is 5.77. The van der Waals surface area contributed by atoms with E-state index in [-0.39, 0.29) is 29.6 Å². The van der Waals surface area contributed by atoms with Crippen LogP contribution in [0.4, 0.5) is 0 Å². The molecule has 1 aromatic heterocycles. The molecule has 1 heterocycles. The van der Waals surface area contributed by atoms with Gasteiger partial charge in [0.15, 0.2) is 28.8 Å². The van der Waals surface area contributed by atoms with Gasteiger partial charge in [0, 0.05) is 19.0 Å². The Morgan fingerprint density at radius 1 is 0.971 bits per heavy atom. The first kappa shape index (κ1) is 25.5. The number of methoxy groups -OCH3 is 3. The first-order valence-electron chi connectivity index (χ1n) is 11.0. The van der Waals surface area contributed by atoms with Gasteiger partial charge in [0.2, 0.25) is 17.1 Å². The number of phenols is 1. The van der Waals surface area contributed by atoms with Crippen LogP contribution in [-0.4, -0.2) is 44.0 Å². The molecule has 3 aromatic rings. The first-order chi connectivity index (χ1) is 16.8. The highest BCUT2D eigenvalue weighted by Crippen LogP contribution is 2.37. The van der Waals surface area contributed by atoms with Gasteiger partial charge in [0.05, 0.1) is 27.2 Å². The van der Waals surface area contributed by atoms with E-state index in [4.69, 9.17) is 18.6 Å². The molecule has 1 amide bonds. The van der Waals surface area contributed by atoms with E-state index < -0.39 is 17.1 Å². The van der Waals surface area contributed by atoms with Crippen molar-refractivity contribution >= 4 is 5.91 Å². The predicted octanol–water partition coefficient (Wildman–Crippen LogP) is 3.27. The van der Waals surface area contributed by atoms with Crippen molar-refractivity contribution in [1.82, 2.24) is 5.32 Å². The number of rotatable bonds is 10. The quantitative estimate of drug-likeness (QED) is 0.401. The van der Waals surface area contributed by atoms with Crippen LogP contribution in [-0.2, 0) is 11.2 Å². The molecule has 0 radical (unpaired) electrons. The van der Waals surface area contributed by atoms with Crippen molar-refractivity contribution in [2.75, 3.05) is 27.9 Å². The van der Waals surface area contributed by atoms with Crippen LogP contribution in [0.15, 0.2) is 51.7 Å². The van der Waals surface area contributed by atoms with Gasteiger partial charge in [-0.25, -0.2) is 0 Å². The number of carbonyl (C=O) groups excluding carboxylic acids is 1. The SMILES string of the molecule is COc1cc(C(CC(=O)NCCc2ccc(OC)c(OC)c2)c2oc(C)cc(=O)c2O)ccc1O. The summed E-state index contributed by atoms with van der Waals surface area (Å²) in [5.74, 6) is -0.0742.